The first-order chi connectivity index (χ1) is 13.0. The van der Waals surface area contributed by atoms with Gasteiger partial charge in [0.05, 0.1) is 25.3 Å². The normalized spacial score (nSPS) is 14.3. The highest BCUT2D eigenvalue weighted by Gasteiger charge is 2.34. The first-order valence-electron chi connectivity index (χ1n) is 8.29. The Kier molecular flexibility index (Phi) is 5.46. The van der Waals surface area contributed by atoms with E-state index in [1.165, 1.54) is 20.3 Å². The molecule has 0 spiro atoms. The van der Waals surface area contributed by atoms with E-state index in [1.807, 2.05) is 6.07 Å². The number of ketones is 2. The molecule has 0 bridgehead atoms. The van der Waals surface area contributed by atoms with Gasteiger partial charge < -0.3 is 9.47 Å². The molecule has 138 valence electrons. The molecule has 0 aromatic heterocycles. The van der Waals surface area contributed by atoms with Crippen LogP contribution in [-0.2, 0) is 0 Å². The molecule has 1 unspecified atom stereocenters. The van der Waals surface area contributed by atoms with E-state index in [-0.39, 0.29) is 33.4 Å². The molecule has 1 aliphatic carbocycles. The smallest absolute Gasteiger partial charge is 0.219 e. The SMILES string of the molecule is COc1ccc(OC)c2c1C(=O)C=C(C(C)SC(=O)c1ccccc1)C2=O. The van der Waals surface area contributed by atoms with Gasteiger partial charge in [0.15, 0.2) is 11.6 Å². The van der Waals surface area contributed by atoms with Crippen LogP contribution in [0.4, 0.5) is 0 Å². The minimum absolute atomic E-state index is 0.160. The van der Waals surface area contributed by atoms with Crippen molar-refractivity contribution < 1.29 is 23.9 Å². The summed E-state index contributed by atoms with van der Waals surface area (Å²) in [6, 6.07) is 12.0. The van der Waals surface area contributed by atoms with Crippen LogP contribution in [0.3, 0.4) is 0 Å². The number of carbonyl (C=O) groups excluding carboxylic acids is 3. The lowest BCUT2D eigenvalue weighted by Crippen LogP contribution is -2.24. The van der Waals surface area contributed by atoms with Gasteiger partial charge in [-0.1, -0.05) is 42.1 Å². The lowest BCUT2D eigenvalue weighted by Gasteiger charge is -2.22. The maximum Gasteiger partial charge on any atom is 0.219 e. The molecule has 0 aliphatic heterocycles. The van der Waals surface area contributed by atoms with Gasteiger partial charge in [-0.3, -0.25) is 14.4 Å². The number of hydrogen-bond acceptors (Lipinski definition) is 6. The van der Waals surface area contributed by atoms with Crippen molar-refractivity contribution in [1.29, 1.82) is 0 Å². The maximum absolute atomic E-state index is 13.1. The Morgan fingerprint density at radius 2 is 1.52 bits per heavy atom. The van der Waals surface area contributed by atoms with Gasteiger partial charge in [0.2, 0.25) is 5.12 Å². The summed E-state index contributed by atoms with van der Waals surface area (Å²) in [5, 5.41) is -0.647. The summed E-state index contributed by atoms with van der Waals surface area (Å²) in [6.07, 6.45) is 1.29. The van der Waals surface area contributed by atoms with Crippen molar-refractivity contribution in [3.63, 3.8) is 0 Å². The molecule has 6 heteroatoms. The zero-order valence-electron chi connectivity index (χ0n) is 15.1. The van der Waals surface area contributed by atoms with E-state index in [1.54, 1.807) is 43.3 Å². The van der Waals surface area contributed by atoms with Gasteiger partial charge in [0.1, 0.15) is 11.5 Å². The number of rotatable bonds is 5. The number of carbonyl (C=O) groups is 3. The first-order valence-corrected chi connectivity index (χ1v) is 9.17. The van der Waals surface area contributed by atoms with Crippen LogP contribution in [0.15, 0.2) is 54.1 Å². The maximum atomic E-state index is 13.1. The number of methoxy groups -OCH3 is 2. The fourth-order valence-corrected chi connectivity index (χ4v) is 3.86. The van der Waals surface area contributed by atoms with E-state index in [0.717, 1.165) is 11.8 Å². The van der Waals surface area contributed by atoms with Gasteiger partial charge in [0.25, 0.3) is 0 Å². The third kappa shape index (κ3) is 3.53. The third-order valence-electron chi connectivity index (χ3n) is 4.32. The number of Topliss-reactive ketones (excluding diaryl/α,β-unsaturated/α-hetero) is 1. The van der Waals surface area contributed by atoms with E-state index in [9.17, 15) is 14.4 Å². The molecule has 2 aromatic rings. The molecule has 0 saturated carbocycles. The summed E-state index contributed by atoms with van der Waals surface area (Å²) in [4.78, 5) is 38.2. The quantitative estimate of drug-likeness (QED) is 0.779. The lowest BCUT2D eigenvalue weighted by atomic mass is 9.87. The van der Waals surface area contributed by atoms with Crippen molar-refractivity contribution in [2.45, 2.75) is 12.2 Å². The molecule has 0 saturated heterocycles. The minimum Gasteiger partial charge on any atom is -0.496 e. The Balaban J connectivity index is 1.95. The van der Waals surface area contributed by atoms with Crippen molar-refractivity contribution in [2.75, 3.05) is 14.2 Å². The van der Waals surface area contributed by atoms with Crippen molar-refractivity contribution in [1.82, 2.24) is 0 Å². The van der Waals surface area contributed by atoms with Gasteiger partial charge in [-0.15, -0.1) is 0 Å². The molecule has 0 radical (unpaired) electrons. The molecule has 0 amide bonds. The standard InChI is InChI=1S/C21H18O5S/c1-12(27-21(24)13-7-5-4-6-8-13)14-11-15(22)18-16(25-2)9-10-17(26-3)19(18)20(14)23/h4-12H,1-3H3. The fraction of sp³-hybridized carbons (Fsp3) is 0.190. The third-order valence-corrected chi connectivity index (χ3v) is 5.38. The molecule has 0 fully saturated rings. The van der Waals surface area contributed by atoms with Crippen LogP contribution >= 0.6 is 11.8 Å². The Morgan fingerprint density at radius 3 is 2.11 bits per heavy atom. The lowest BCUT2D eigenvalue weighted by molar-refractivity contribution is 0.0977. The molecule has 1 aliphatic rings. The fourth-order valence-electron chi connectivity index (χ4n) is 2.97. The molecule has 0 heterocycles. The van der Waals surface area contributed by atoms with Gasteiger partial charge in [0, 0.05) is 16.4 Å². The van der Waals surface area contributed by atoms with E-state index in [0.29, 0.717) is 17.1 Å². The summed E-state index contributed by atoms with van der Waals surface area (Å²) in [5.41, 5.74) is 1.19. The van der Waals surface area contributed by atoms with Crippen LogP contribution in [0, 0.1) is 0 Å². The predicted molar refractivity (Wildman–Crippen MR) is 104 cm³/mol. The van der Waals surface area contributed by atoms with E-state index < -0.39 is 5.25 Å². The largest absolute Gasteiger partial charge is 0.496 e. The van der Waals surface area contributed by atoms with Crippen molar-refractivity contribution in [3.8, 4) is 11.5 Å². The number of hydrogen-bond donors (Lipinski definition) is 0. The molecule has 1 atom stereocenters. The van der Waals surface area contributed by atoms with E-state index in [4.69, 9.17) is 9.47 Å². The Bertz CT molecular complexity index is 947. The van der Waals surface area contributed by atoms with Crippen molar-refractivity contribution in [2.24, 2.45) is 0 Å². The van der Waals surface area contributed by atoms with E-state index in [2.05, 4.69) is 0 Å². The average molecular weight is 382 g/mol. The second kappa shape index (κ2) is 7.80. The predicted octanol–water partition coefficient (Wildman–Crippen LogP) is 3.97. The molecule has 0 N–H and O–H groups in total. The van der Waals surface area contributed by atoms with E-state index >= 15 is 0 Å². The van der Waals surface area contributed by atoms with Gasteiger partial charge in [-0.2, -0.15) is 0 Å². The summed E-state index contributed by atoms with van der Waals surface area (Å²) in [5.74, 6) is -0.0439. The Morgan fingerprint density at radius 1 is 0.926 bits per heavy atom. The zero-order valence-corrected chi connectivity index (χ0v) is 16.0. The molecule has 2 aromatic carbocycles. The monoisotopic (exact) mass is 382 g/mol. The summed E-state index contributed by atoms with van der Waals surface area (Å²) in [7, 11) is 2.88. The second-order valence-corrected chi connectivity index (χ2v) is 7.24. The number of benzene rings is 2. The van der Waals surface area contributed by atoms with Crippen molar-refractivity contribution in [3.05, 3.63) is 70.8 Å². The molecular formula is C21H18O5S. The first kappa shape index (κ1) is 18.9. The minimum atomic E-state index is -0.488. The highest BCUT2D eigenvalue weighted by Crippen LogP contribution is 2.38. The number of allylic oxidation sites excluding steroid dienone is 1. The van der Waals surface area contributed by atoms with Gasteiger partial charge >= 0.3 is 0 Å². The van der Waals surface area contributed by atoms with Gasteiger partial charge in [-0.25, -0.2) is 0 Å². The zero-order chi connectivity index (χ0) is 19.6. The Hall–Kier alpha value is -2.86. The van der Waals surface area contributed by atoms with Crippen LogP contribution in [0.2, 0.25) is 0 Å². The average Bonchev–Trinajstić information content (AvgIpc) is 2.69. The summed E-state index contributed by atoms with van der Waals surface area (Å²) in [6.45, 7) is 1.74. The topological polar surface area (TPSA) is 69.7 Å². The summed E-state index contributed by atoms with van der Waals surface area (Å²) < 4.78 is 10.5. The second-order valence-electron chi connectivity index (χ2n) is 5.93. The van der Waals surface area contributed by atoms with Crippen LogP contribution in [-0.4, -0.2) is 36.2 Å². The highest BCUT2D eigenvalue weighted by atomic mass is 32.2. The van der Waals surface area contributed by atoms with Crippen LogP contribution < -0.4 is 9.47 Å². The molecular weight excluding hydrogens is 364 g/mol. The molecule has 5 nitrogen and oxygen atoms in total. The highest BCUT2D eigenvalue weighted by molar-refractivity contribution is 8.14. The van der Waals surface area contributed by atoms with Crippen LogP contribution in [0.1, 0.15) is 38.0 Å². The molecule has 27 heavy (non-hydrogen) atoms. The Labute approximate surface area is 161 Å². The van der Waals surface area contributed by atoms with Gasteiger partial charge in [-0.05, 0) is 25.1 Å². The summed E-state index contributed by atoms with van der Waals surface area (Å²) >= 11 is 1.01. The number of ether oxygens (including phenoxy) is 2. The number of fused-ring (bicyclic) bond motifs is 1. The van der Waals surface area contributed by atoms with Crippen LogP contribution in [0.5, 0.6) is 11.5 Å². The number of thioether (sulfide) groups is 1. The van der Waals surface area contributed by atoms with Crippen molar-refractivity contribution >= 4 is 28.4 Å². The molecule has 3 rings (SSSR count). The van der Waals surface area contributed by atoms with Crippen LogP contribution in [0.25, 0.3) is 0 Å².